The van der Waals surface area contributed by atoms with Crippen molar-refractivity contribution in [3.8, 4) is 5.75 Å². The maximum Gasteiger partial charge on any atom is 0.166 e. The molecule has 2 N–H and O–H groups in total. The fraction of sp³-hybridized carbons (Fsp3) is 0.250. The second kappa shape index (κ2) is 6.23. The molecule has 0 amide bonds. The molecule has 0 aliphatic carbocycles. The molecule has 0 fully saturated rings. The van der Waals surface area contributed by atoms with Crippen LogP contribution >= 0.6 is 0 Å². The van der Waals surface area contributed by atoms with Gasteiger partial charge in [0.05, 0.1) is 0 Å². The van der Waals surface area contributed by atoms with Gasteiger partial charge in [-0.3, -0.25) is 0 Å². The largest absolute Gasteiger partial charge is 0.505 e. The number of aromatic hydroxyl groups is 1. The second-order valence-corrected chi connectivity index (χ2v) is 4.69. The predicted octanol–water partition coefficient (Wildman–Crippen LogP) is 4.14. The molecular weight excluding hydrogens is 241 g/mol. The predicted molar refractivity (Wildman–Crippen MR) is 76.0 cm³/mol. The number of benzene rings is 2. The zero-order chi connectivity index (χ0) is 13.7. The molecular formula is C16H18FNO. The van der Waals surface area contributed by atoms with Crippen molar-refractivity contribution < 1.29 is 9.50 Å². The van der Waals surface area contributed by atoms with E-state index in [4.69, 9.17) is 5.11 Å². The first kappa shape index (κ1) is 13.4. The molecule has 0 radical (unpaired) electrons. The van der Waals surface area contributed by atoms with Gasteiger partial charge >= 0.3 is 0 Å². The summed E-state index contributed by atoms with van der Waals surface area (Å²) in [5.74, 6) is -0.458. The number of phenolic OH excluding ortho intramolecular Hbond substituents is 1. The number of nitrogens with one attached hydrogen (secondary N) is 1. The monoisotopic (exact) mass is 259 g/mol. The van der Waals surface area contributed by atoms with Crippen molar-refractivity contribution >= 4 is 5.69 Å². The topological polar surface area (TPSA) is 32.3 Å². The number of phenols is 1. The second-order valence-electron chi connectivity index (χ2n) is 4.69. The molecule has 0 bridgehead atoms. The fourth-order valence-corrected chi connectivity index (χ4v) is 2.00. The van der Waals surface area contributed by atoms with E-state index in [0.29, 0.717) is 11.6 Å². The summed E-state index contributed by atoms with van der Waals surface area (Å²) in [5, 5.41) is 12.3. The number of halogens is 1. The van der Waals surface area contributed by atoms with Gasteiger partial charge in [-0.05, 0) is 30.0 Å². The van der Waals surface area contributed by atoms with Gasteiger partial charge in [-0.15, -0.1) is 0 Å². The summed E-state index contributed by atoms with van der Waals surface area (Å²) in [5.41, 5.74) is 2.00. The van der Waals surface area contributed by atoms with Crippen molar-refractivity contribution in [3.05, 3.63) is 59.9 Å². The first-order valence-electron chi connectivity index (χ1n) is 6.44. The molecule has 1 atom stereocenters. The molecule has 2 nitrogen and oxygen atoms in total. The third kappa shape index (κ3) is 3.71. The van der Waals surface area contributed by atoms with Crippen LogP contribution in [0.1, 0.15) is 24.8 Å². The van der Waals surface area contributed by atoms with E-state index >= 15 is 0 Å². The summed E-state index contributed by atoms with van der Waals surface area (Å²) >= 11 is 0. The van der Waals surface area contributed by atoms with Gasteiger partial charge in [0.15, 0.2) is 11.6 Å². The van der Waals surface area contributed by atoms with Crippen molar-refractivity contribution in [2.75, 3.05) is 11.9 Å². The molecule has 0 heterocycles. The maximum atomic E-state index is 13.1. The Balaban J connectivity index is 1.85. The van der Waals surface area contributed by atoms with Crippen LogP contribution in [0.2, 0.25) is 0 Å². The van der Waals surface area contributed by atoms with Crippen LogP contribution in [-0.2, 0) is 0 Å². The van der Waals surface area contributed by atoms with Crippen LogP contribution in [0.25, 0.3) is 0 Å². The lowest BCUT2D eigenvalue weighted by atomic mass is 9.98. The Labute approximate surface area is 112 Å². The smallest absolute Gasteiger partial charge is 0.166 e. The zero-order valence-electron chi connectivity index (χ0n) is 10.9. The molecule has 100 valence electrons. The minimum Gasteiger partial charge on any atom is -0.505 e. The summed E-state index contributed by atoms with van der Waals surface area (Å²) in [7, 11) is 0. The number of anilines is 1. The summed E-state index contributed by atoms with van der Waals surface area (Å²) in [4.78, 5) is 0. The molecule has 0 aromatic heterocycles. The van der Waals surface area contributed by atoms with E-state index in [1.807, 2.05) is 18.2 Å². The molecule has 0 aliphatic rings. The highest BCUT2D eigenvalue weighted by atomic mass is 19.1. The van der Waals surface area contributed by atoms with Crippen molar-refractivity contribution in [3.63, 3.8) is 0 Å². The number of hydrogen-bond donors (Lipinski definition) is 2. The highest BCUT2D eigenvalue weighted by Crippen LogP contribution is 2.21. The molecule has 2 aromatic carbocycles. The lowest BCUT2D eigenvalue weighted by molar-refractivity contribution is 0.432. The summed E-state index contributed by atoms with van der Waals surface area (Å²) < 4.78 is 13.1. The van der Waals surface area contributed by atoms with Crippen LogP contribution in [0.5, 0.6) is 5.75 Å². The van der Waals surface area contributed by atoms with E-state index < -0.39 is 5.82 Å². The normalized spacial score (nSPS) is 12.1. The molecule has 3 heteroatoms. The van der Waals surface area contributed by atoms with Gasteiger partial charge in [0.2, 0.25) is 0 Å². The van der Waals surface area contributed by atoms with Crippen molar-refractivity contribution in [2.45, 2.75) is 19.3 Å². The quantitative estimate of drug-likeness (QED) is 0.791. The minimum absolute atomic E-state index is 0.316. The van der Waals surface area contributed by atoms with Crippen molar-refractivity contribution in [1.82, 2.24) is 0 Å². The Morgan fingerprint density at radius 1 is 1.16 bits per heavy atom. The van der Waals surface area contributed by atoms with Crippen LogP contribution in [-0.4, -0.2) is 11.7 Å². The molecule has 19 heavy (non-hydrogen) atoms. The van der Waals surface area contributed by atoms with E-state index in [0.717, 1.165) is 13.0 Å². The van der Waals surface area contributed by atoms with Gasteiger partial charge in [0, 0.05) is 18.3 Å². The molecule has 1 unspecified atom stereocenters. The Hall–Kier alpha value is -2.03. The van der Waals surface area contributed by atoms with Crippen LogP contribution in [0.4, 0.5) is 10.1 Å². The molecule has 0 spiro atoms. The Kier molecular flexibility index (Phi) is 4.39. The Morgan fingerprint density at radius 2 is 1.89 bits per heavy atom. The fourth-order valence-electron chi connectivity index (χ4n) is 2.00. The van der Waals surface area contributed by atoms with E-state index in [9.17, 15) is 4.39 Å². The number of hydrogen-bond acceptors (Lipinski definition) is 2. The third-order valence-electron chi connectivity index (χ3n) is 3.22. The summed E-state index contributed by atoms with van der Waals surface area (Å²) in [6.45, 7) is 2.94. The standard InChI is InChI=1S/C16H18FNO/c1-12(13-5-3-2-4-6-13)9-10-18-14-7-8-16(19)15(17)11-14/h2-8,11-12,18-19H,9-10H2,1H3. The van der Waals surface area contributed by atoms with Gasteiger partial charge in [0.1, 0.15) is 0 Å². The SMILES string of the molecule is CC(CCNc1ccc(O)c(F)c1)c1ccccc1. The Bertz CT molecular complexity index is 528. The van der Waals surface area contributed by atoms with Crippen molar-refractivity contribution in [1.29, 1.82) is 0 Å². The molecule has 0 aliphatic heterocycles. The average molecular weight is 259 g/mol. The van der Waals surface area contributed by atoms with Gasteiger partial charge in [-0.25, -0.2) is 4.39 Å². The van der Waals surface area contributed by atoms with Gasteiger partial charge in [-0.1, -0.05) is 37.3 Å². The lowest BCUT2D eigenvalue weighted by Gasteiger charge is -2.13. The zero-order valence-corrected chi connectivity index (χ0v) is 10.9. The average Bonchev–Trinajstić information content (AvgIpc) is 2.43. The lowest BCUT2D eigenvalue weighted by Crippen LogP contribution is -2.06. The van der Waals surface area contributed by atoms with Gasteiger partial charge in [-0.2, -0.15) is 0 Å². The van der Waals surface area contributed by atoms with Crippen LogP contribution in [0.3, 0.4) is 0 Å². The van der Waals surface area contributed by atoms with E-state index in [1.165, 1.54) is 17.7 Å². The third-order valence-corrected chi connectivity index (χ3v) is 3.22. The minimum atomic E-state index is -0.596. The first-order valence-corrected chi connectivity index (χ1v) is 6.44. The molecule has 2 rings (SSSR count). The van der Waals surface area contributed by atoms with Crippen LogP contribution in [0, 0.1) is 5.82 Å². The van der Waals surface area contributed by atoms with Gasteiger partial charge in [0.25, 0.3) is 0 Å². The van der Waals surface area contributed by atoms with Gasteiger partial charge < -0.3 is 10.4 Å². The van der Waals surface area contributed by atoms with E-state index in [2.05, 4.69) is 24.4 Å². The first-order chi connectivity index (χ1) is 9.16. The van der Waals surface area contributed by atoms with Crippen LogP contribution in [0.15, 0.2) is 48.5 Å². The highest BCUT2D eigenvalue weighted by molar-refractivity contribution is 5.46. The van der Waals surface area contributed by atoms with E-state index in [1.54, 1.807) is 6.07 Å². The van der Waals surface area contributed by atoms with E-state index in [-0.39, 0.29) is 5.75 Å². The Morgan fingerprint density at radius 3 is 2.58 bits per heavy atom. The summed E-state index contributed by atoms with van der Waals surface area (Å²) in [6.07, 6.45) is 0.965. The number of rotatable bonds is 5. The maximum absolute atomic E-state index is 13.1. The molecule has 2 aromatic rings. The van der Waals surface area contributed by atoms with Crippen LogP contribution < -0.4 is 5.32 Å². The molecule has 0 saturated carbocycles. The molecule has 0 saturated heterocycles. The van der Waals surface area contributed by atoms with Crippen molar-refractivity contribution in [2.24, 2.45) is 0 Å². The highest BCUT2D eigenvalue weighted by Gasteiger charge is 2.05. The summed E-state index contributed by atoms with van der Waals surface area (Å²) in [6, 6.07) is 14.7.